The van der Waals surface area contributed by atoms with Crippen LogP contribution in [0.15, 0.2) is 24.3 Å². The highest BCUT2D eigenvalue weighted by molar-refractivity contribution is 5.62. The van der Waals surface area contributed by atoms with Crippen LogP contribution in [0.1, 0.15) is 41.8 Å². The lowest BCUT2D eigenvalue weighted by Crippen LogP contribution is -2.91. The van der Waals surface area contributed by atoms with Crippen LogP contribution in [0.2, 0.25) is 0 Å². The van der Waals surface area contributed by atoms with Crippen LogP contribution in [0.5, 0.6) is 5.75 Å². The summed E-state index contributed by atoms with van der Waals surface area (Å²) in [5, 5.41) is 20.3. The standard InChI is InChI=1S/C27H32N4O2/c1-15-9-16(2)29-24(28-15)31-13-18-12-25-6-5-21(31)22(18)27(25)20-10-19(33)4-3-17(20)11-26(27)14-30(7-8-32)23(25)26/h3-4,9-10,18,21-23,32-33H,5-8,11-14H2,1-2H3/t18-,21?,22?,23?,25?,26?,27?/m1/s1. The van der Waals surface area contributed by atoms with E-state index in [0.29, 0.717) is 35.1 Å². The molecule has 6 heteroatoms. The number of phenols is 1. The van der Waals surface area contributed by atoms with E-state index in [0.717, 1.165) is 43.4 Å². The first-order valence-electron chi connectivity index (χ1n) is 12.7. The van der Waals surface area contributed by atoms with Gasteiger partial charge in [-0.2, -0.15) is 0 Å². The molecule has 6 nitrogen and oxygen atoms in total. The summed E-state index contributed by atoms with van der Waals surface area (Å²) in [6.45, 7) is 7.34. The van der Waals surface area contributed by atoms with Gasteiger partial charge in [0.2, 0.25) is 5.95 Å². The molecule has 5 fully saturated rings. The Morgan fingerprint density at radius 2 is 1.94 bits per heavy atom. The summed E-state index contributed by atoms with van der Waals surface area (Å²) in [5.41, 5.74) is 5.75. The van der Waals surface area contributed by atoms with Crippen molar-refractivity contribution in [3.05, 3.63) is 46.8 Å². The number of hydrogen-bond donors (Lipinski definition) is 2. The third-order valence-corrected chi connectivity index (χ3v) is 10.9. The zero-order chi connectivity index (χ0) is 22.3. The highest BCUT2D eigenvalue weighted by Crippen LogP contribution is 2.90. The number of phenolic OH excluding ortho intramolecular Hbond substituents is 1. The molecule has 6 unspecified atom stereocenters. The van der Waals surface area contributed by atoms with Gasteiger partial charge >= 0.3 is 0 Å². The number of fused-ring (bicyclic) bond motifs is 1. The van der Waals surface area contributed by atoms with Gasteiger partial charge in [0.1, 0.15) is 5.75 Å². The van der Waals surface area contributed by atoms with Crippen molar-refractivity contribution in [2.45, 2.75) is 57.0 Å². The van der Waals surface area contributed by atoms with Crippen LogP contribution < -0.4 is 4.90 Å². The van der Waals surface area contributed by atoms with Gasteiger partial charge in [-0.1, -0.05) is 6.07 Å². The van der Waals surface area contributed by atoms with Crippen molar-refractivity contribution in [3.63, 3.8) is 0 Å². The minimum absolute atomic E-state index is 0.159. The number of nitrogens with zero attached hydrogens (tertiary/aromatic N) is 4. The summed E-state index contributed by atoms with van der Waals surface area (Å²) in [7, 11) is 0. The maximum Gasteiger partial charge on any atom is 0.226 e. The predicted octanol–water partition coefficient (Wildman–Crippen LogP) is 2.57. The van der Waals surface area contributed by atoms with Crippen molar-refractivity contribution >= 4 is 5.95 Å². The van der Waals surface area contributed by atoms with Crippen molar-refractivity contribution in [2.75, 3.05) is 31.1 Å². The van der Waals surface area contributed by atoms with Crippen LogP contribution in [0.4, 0.5) is 5.95 Å². The number of aromatic nitrogens is 2. The van der Waals surface area contributed by atoms with Crippen molar-refractivity contribution < 1.29 is 10.2 Å². The third-order valence-electron chi connectivity index (χ3n) is 10.9. The number of anilines is 1. The molecule has 3 saturated carbocycles. The smallest absolute Gasteiger partial charge is 0.226 e. The molecule has 4 aliphatic carbocycles. The summed E-state index contributed by atoms with van der Waals surface area (Å²) in [6, 6.07) is 9.35. The van der Waals surface area contributed by atoms with Crippen LogP contribution in [0, 0.1) is 36.5 Å². The van der Waals surface area contributed by atoms with E-state index in [4.69, 9.17) is 9.97 Å². The number of aliphatic hydroxyl groups excluding tert-OH is 1. The molecule has 7 atom stereocenters. The normalized spacial score (nSPS) is 43.4. The Balaban J connectivity index is 1.30. The first kappa shape index (κ1) is 19.2. The average Bonchev–Trinajstić information content (AvgIpc) is 3.26. The molecule has 0 radical (unpaired) electrons. The molecule has 3 heterocycles. The van der Waals surface area contributed by atoms with Gasteiger partial charge in [-0.15, -0.1) is 0 Å². The van der Waals surface area contributed by atoms with Gasteiger partial charge in [0.05, 0.1) is 6.61 Å². The molecule has 2 N–H and O–H groups in total. The quantitative estimate of drug-likeness (QED) is 0.758. The highest BCUT2D eigenvalue weighted by Gasteiger charge is 2.93. The first-order chi connectivity index (χ1) is 15.9. The zero-order valence-electron chi connectivity index (χ0n) is 19.5. The van der Waals surface area contributed by atoms with Crippen molar-refractivity contribution in [1.29, 1.82) is 0 Å². The second kappa shape index (κ2) is 5.72. The van der Waals surface area contributed by atoms with E-state index in [-0.39, 0.29) is 17.4 Å². The lowest BCUT2D eigenvalue weighted by Gasteiger charge is -2.84. The lowest BCUT2D eigenvalue weighted by molar-refractivity contribution is -0.320. The lowest BCUT2D eigenvalue weighted by atomic mass is 9.27. The number of β-amino-alcohol motifs (C(OH)–C–C–N with tert-alkyl or cyclic N) is 1. The average molecular weight is 445 g/mol. The number of likely N-dealkylation sites (tertiary alicyclic amines) is 1. The van der Waals surface area contributed by atoms with Gasteiger partial charge in [0, 0.05) is 53.9 Å². The molecule has 2 saturated heterocycles. The van der Waals surface area contributed by atoms with Crippen LogP contribution in [-0.2, 0) is 11.8 Å². The third kappa shape index (κ3) is 1.81. The molecule has 1 aromatic heterocycles. The Morgan fingerprint density at radius 1 is 1.12 bits per heavy atom. The largest absolute Gasteiger partial charge is 0.508 e. The van der Waals surface area contributed by atoms with Crippen LogP contribution in [0.25, 0.3) is 0 Å². The van der Waals surface area contributed by atoms with E-state index in [1.165, 1.54) is 30.4 Å². The molecule has 2 spiro atoms. The van der Waals surface area contributed by atoms with Crippen molar-refractivity contribution in [1.82, 2.24) is 14.9 Å². The number of aromatic hydroxyl groups is 1. The summed E-state index contributed by atoms with van der Waals surface area (Å²) >= 11 is 0. The summed E-state index contributed by atoms with van der Waals surface area (Å²) in [6.07, 6.45) is 4.83. The monoisotopic (exact) mass is 444 g/mol. The van der Waals surface area contributed by atoms with E-state index in [9.17, 15) is 10.2 Å². The van der Waals surface area contributed by atoms with Gasteiger partial charge in [0.25, 0.3) is 0 Å². The fourth-order valence-corrected chi connectivity index (χ4v) is 10.9. The van der Waals surface area contributed by atoms with E-state index in [1.54, 1.807) is 0 Å². The van der Waals surface area contributed by atoms with Gasteiger partial charge in [0.15, 0.2) is 0 Å². The molecule has 33 heavy (non-hydrogen) atoms. The number of aryl methyl sites for hydroxylation is 2. The molecule has 8 rings (SSSR count). The summed E-state index contributed by atoms with van der Waals surface area (Å²) in [4.78, 5) is 14.9. The number of benzene rings is 1. The number of piperidine rings is 1. The second-order valence-electron chi connectivity index (χ2n) is 11.9. The Labute approximate surface area is 194 Å². The maximum absolute atomic E-state index is 10.6. The molecular formula is C27H32N4O2. The Kier molecular flexibility index (Phi) is 3.32. The molecule has 2 aromatic rings. The summed E-state index contributed by atoms with van der Waals surface area (Å²) < 4.78 is 0. The Bertz CT molecular complexity index is 1200. The minimum Gasteiger partial charge on any atom is -0.508 e. The molecule has 2 bridgehead atoms. The second-order valence-corrected chi connectivity index (χ2v) is 11.9. The molecule has 172 valence electrons. The van der Waals surface area contributed by atoms with Gasteiger partial charge in [-0.25, -0.2) is 9.97 Å². The minimum atomic E-state index is 0.159. The molecule has 2 aliphatic heterocycles. The predicted molar refractivity (Wildman–Crippen MR) is 124 cm³/mol. The topological polar surface area (TPSA) is 72.7 Å². The number of hydrogen-bond acceptors (Lipinski definition) is 6. The van der Waals surface area contributed by atoms with Crippen LogP contribution >= 0.6 is 0 Å². The van der Waals surface area contributed by atoms with E-state index in [2.05, 4.69) is 41.8 Å². The molecule has 0 amide bonds. The molecule has 1 aromatic carbocycles. The van der Waals surface area contributed by atoms with E-state index < -0.39 is 0 Å². The number of rotatable bonds is 3. The number of aliphatic hydroxyl groups is 1. The fourth-order valence-electron chi connectivity index (χ4n) is 10.9. The van der Waals surface area contributed by atoms with Crippen LogP contribution in [0.3, 0.4) is 0 Å². The summed E-state index contributed by atoms with van der Waals surface area (Å²) in [5.74, 6) is 2.59. The maximum atomic E-state index is 10.6. The van der Waals surface area contributed by atoms with Gasteiger partial charge in [-0.05, 0) is 86.1 Å². The Hall–Kier alpha value is -2.18. The first-order valence-corrected chi connectivity index (χ1v) is 12.7. The van der Waals surface area contributed by atoms with Gasteiger partial charge < -0.3 is 15.1 Å². The molecular weight excluding hydrogens is 412 g/mol. The highest BCUT2D eigenvalue weighted by atomic mass is 16.3. The van der Waals surface area contributed by atoms with E-state index in [1.807, 2.05) is 6.07 Å². The van der Waals surface area contributed by atoms with Crippen molar-refractivity contribution in [3.8, 4) is 5.75 Å². The zero-order valence-corrected chi connectivity index (χ0v) is 19.5. The SMILES string of the molecule is Cc1cc(C)nc(N2C[C@H]3CC45CCC2C3C42c3cc(O)ccc3CC23CN(CCO)C53)n1. The Morgan fingerprint density at radius 3 is 2.73 bits per heavy atom. The van der Waals surface area contributed by atoms with Crippen molar-refractivity contribution in [2.24, 2.45) is 22.7 Å². The van der Waals surface area contributed by atoms with E-state index >= 15 is 0 Å². The van der Waals surface area contributed by atoms with Gasteiger partial charge in [-0.3, -0.25) is 4.90 Å². The fraction of sp³-hybridized carbons (Fsp3) is 0.630. The van der Waals surface area contributed by atoms with Crippen LogP contribution in [-0.4, -0.2) is 63.4 Å². The molecule has 6 aliphatic rings.